The number of amides is 1. The Morgan fingerprint density at radius 1 is 1.04 bits per heavy atom. The molecular formula is C21H23N3OS. The minimum Gasteiger partial charge on any atom is -0.325 e. The van der Waals surface area contributed by atoms with Gasteiger partial charge in [-0.15, -0.1) is 0 Å². The number of para-hydroxylation sites is 1. The van der Waals surface area contributed by atoms with Crippen molar-refractivity contribution in [1.29, 1.82) is 0 Å². The Hall–Kier alpha value is -2.40. The lowest BCUT2D eigenvalue weighted by atomic mass is 9.87. The summed E-state index contributed by atoms with van der Waals surface area (Å²) in [4.78, 5) is 21.2. The van der Waals surface area contributed by atoms with E-state index in [0.717, 1.165) is 21.6 Å². The average molecular weight is 366 g/mol. The molecule has 3 aromatic rings. The first-order chi connectivity index (χ1) is 12.3. The molecule has 0 spiro atoms. The number of aryl methyl sites for hydroxylation is 1. The van der Waals surface area contributed by atoms with E-state index < -0.39 is 0 Å². The van der Waals surface area contributed by atoms with Gasteiger partial charge in [-0.1, -0.05) is 62.9 Å². The molecule has 1 heterocycles. The Bertz CT molecular complexity index is 930. The van der Waals surface area contributed by atoms with Gasteiger partial charge in [0, 0.05) is 11.1 Å². The van der Waals surface area contributed by atoms with E-state index in [9.17, 15) is 4.79 Å². The van der Waals surface area contributed by atoms with Crippen molar-refractivity contribution < 1.29 is 4.79 Å². The number of aromatic nitrogens is 2. The highest BCUT2D eigenvalue weighted by atomic mass is 32.2. The van der Waals surface area contributed by atoms with E-state index in [4.69, 9.17) is 0 Å². The molecule has 3 rings (SSSR count). The van der Waals surface area contributed by atoms with Crippen LogP contribution in [0.25, 0.3) is 10.9 Å². The second-order valence-corrected chi connectivity index (χ2v) is 8.22. The Morgan fingerprint density at radius 2 is 1.73 bits per heavy atom. The van der Waals surface area contributed by atoms with Crippen LogP contribution in [-0.2, 0) is 10.2 Å². The summed E-state index contributed by atoms with van der Waals surface area (Å²) in [6, 6.07) is 15.9. The van der Waals surface area contributed by atoms with Crippen LogP contribution in [0.3, 0.4) is 0 Å². The first-order valence-corrected chi connectivity index (χ1v) is 9.58. The summed E-state index contributed by atoms with van der Waals surface area (Å²) in [5.74, 6) is 0.977. The van der Waals surface area contributed by atoms with Gasteiger partial charge in [0.25, 0.3) is 0 Å². The number of carbonyl (C=O) groups is 1. The number of hydrogen-bond donors (Lipinski definition) is 1. The number of nitrogens with zero attached hydrogens (tertiary/aromatic N) is 2. The molecule has 26 heavy (non-hydrogen) atoms. The number of nitrogens with one attached hydrogen (secondary N) is 1. The van der Waals surface area contributed by atoms with Crippen LogP contribution in [-0.4, -0.2) is 21.6 Å². The van der Waals surface area contributed by atoms with Crippen molar-refractivity contribution in [3.05, 3.63) is 59.9 Å². The van der Waals surface area contributed by atoms with Crippen molar-refractivity contribution in [3.8, 4) is 0 Å². The molecule has 0 atom stereocenters. The Balaban J connectivity index is 1.66. The molecule has 2 aromatic carbocycles. The highest BCUT2D eigenvalue weighted by molar-refractivity contribution is 8.00. The van der Waals surface area contributed by atoms with E-state index in [1.165, 1.54) is 17.3 Å². The van der Waals surface area contributed by atoms with Crippen LogP contribution in [0.1, 0.15) is 32.2 Å². The van der Waals surface area contributed by atoms with Crippen LogP contribution in [0, 0.1) is 6.92 Å². The number of anilines is 1. The number of fused-ring (bicyclic) bond motifs is 1. The summed E-state index contributed by atoms with van der Waals surface area (Å²) in [5, 5.41) is 4.77. The topological polar surface area (TPSA) is 54.9 Å². The van der Waals surface area contributed by atoms with Gasteiger partial charge < -0.3 is 5.32 Å². The number of benzene rings is 2. The minimum atomic E-state index is -0.0427. The third-order valence-electron chi connectivity index (χ3n) is 4.05. The quantitative estimate of drug-likeness (QED) is 0.524. The highest BCUT2D eigenvalue weighted by Gasteiger charge is 2.13. The number of carbonyl (C=O) groups excluding carboxylic acids is 1. The van der Waals surface area contributed by atoms with E-state index in [2.05, 4.69) is 48.2 Å². The van der Waals surface area contributed by atoms with Crippen LogP contribution in [0.4, 0.5) is 5.69 Å². The van der Waals surface area contributed by atoms with Crippen LogP contribution >= 0.6 is 11.8 Å². The lowest BCUT2D eigenvalue weighted by molar-refractivity contribution is -0.113. The largest absolute Gasteiger partial charge is 0.325 e. The maximum atomic E-state index is 12.3. The molecule has 0 saturated carbocycles. The van der Waals surface area contributed by atoms with Crippen molar-refractivity contribution in [1.82, 2.24) is 9.97 Å². The molecule has 0 bridgehead atoms. The Labute approximate surface area is 158 Å². The van der Waals surface area contributed by atoms with Crippen LogP contribution in [0.5, 0.6) is 0 Å². The van der Waals surface area contributed by atoms with Gasteiger partial charge in [-0.25, -0.2) is 9.97 Å². The van der Waals surface area contributed by atoms with Gasteiger partial charge in [0.2, 0.25) is 5.91 Å². The van der Waals surface area contributed by atoms with Crippen molar-refractivity contribution in [2.75, 3.05) is 11.1 Å². The van der Waals surface area contributed by atoms with E-state index in [0.29, 0.717) is 11.6 Å². The molecular weight excluding hydrogens is 342 g/mol. The maximum absolute atomic E-state index is 12.3. The molecule has 0 fully saturated rings. The molecule has 0 radical (unpaired) electrons. The van der Waals surface area contributed by atoms with E-state index in [1.54, 1.807) is 0 Å². The molecule has 1 N–H and O–H groups in total. The molecule has 134 valence electrons. The van der Waals surface area contributed by atoms with Crippen LogP contribution < -0.4 is 5.32 Å². The van der Waals surface area contributed by atoms with E-state index in [-0.39, 0.29) is 11.3 Å². The predicted octanol–water partition coefficient (Wildman–Crippen LogP) is 4.97. The lowest BCUT2D eigenvalue weighted by Crippen LogP contribution is -2.15. The summed E-state index contributed by atoms with van der Waals surface area (Å²) >= 11 is 1.44. The first kappa shape index (κ1) is 18.4. The molecule has 0 aliphatic heterocycles. The zero-order valence-corrected chi connectivity index (χ0v) is 16.4. The zero-order valence-electron chi connectivity index (χ0n) is 15.5. The normalized spacial score (nSPS) is 11.5. The Morgan fingerprint density at radius 3 is 2.42 bits per heavy atom. The average Bonchev–Trinajstić information content (AvgIpc) is 2.59. The number of thioether (sulfide) groups is 1. The van der Waals surface area contributed by atoms with Gasteiger partial charge in [-0.3, -0.25) is 4.79 Å². The summed E-state index contributed by atoms with van der Waals surface area (Å²) in [7, 11) is 0. The molecule has 1 aromatic heterocycles. The Kier molecular flexibility index (Phi) is 5.28. The molecule has 0 aliphatic rings. The summed E-state index contributed by atoms with van der Waals surface area (Å²) in [6.45, 7) is 8.38. The first-order valence-electron chi connectivity index (χ1n) is 8.59. The van der Waals surface area contributed by atoms with E-state index in [1.807, 2.05) is 43.3 Å². The number of rotatable bonds is 4. The minimum absolute atomic E-state index is 0.0427. The second kappa shape index (κ2) is 7.46. The molecule has 1 amide bonds. The van der Waals surface area contributed by atoms with E-state index >= 15 is 0 Å². The fraction of sp³-hybridized carbons (Fsp3) is 0.286. The number of hydrogen-bond acceptors (Lipinski definition) is 4. The maximum Gasteiger partial charge on any atom is 0.234 e. The predicted molar refractivity (Wildman–Crippen MR) is 109 cm³/mol. The molecule has 0 saturated heterocycles. The SMILES string of the molecule is Cc1nc(SCC(=O)Nc2ccc(C(C)(C)C)cc2)c2ccccc2n1. The second-order valence-electron chi connectivity index (χ2n) is 7.26. The van der Waals surface area contributed by atoms with Gasteiger partial charge in [-0.2, -0.15) is 0 Å². The van der Waals surface area contributed by atoms with Gasteiger partial charge in [-0.05, 0) is 36.1 Å². The lowest BCUT2D eigenvalue weighted by Gasteiger charge is -2.19. The standard InChI is InChI=1S/C21H23N3OS/c1-14-22-18-8-6-5-7-17(18)20(23-14)26-13-19(25)24-16-11-9-15(10-12-16)21(2,3)4/h5-12H,13H2,1-4H3,(H,24,25). The van der Waals surface area contributed by atoms with Crippen LogP contribution in [0.15, 0.2) is 53.6 Å². The van der Waals surface area contributed by atoms with Gasteiger partial charge in [0.1, 0.15) is 10.9 Å². The smallest absolute Gasteiger partial charge is 0.234 e. The van der Waals surface area contributed by atoms with Gasteiger partial charge in [0.05, 0.1) is 11.3 Å². The fourth-order valence-electron chi connectivity index (χ4n) is 2.65. The molecule has 4 nitrogen and oxygen atoms in total. The molecule has 0 aliphatic carbocycles. The van der Waals surface area contributed by atoms with Gasteiger partial charge >= 0.3 is 0 Å². The molecule has 0 unspecified atom stereocenters. The fourth-order valence-corrected chi connectivity index (χ4v) is 3.52. The third-order valence-corrected chi connectivity index (χ3v) is 5.05. The third kappa shape index (κ3) is 4.41. The summed E-state index contributed by atoms with van der Waals surface area (Å²) < 4.78 is 0. The zero-order chi connectivity index (χ0) is 18.7. The van der Waals surface area contributed by atoms with Crippen LogP contribution in [0.2, 0.25) is 0 Å². The van der Waals surface area contributed by atoms with Crippen molar-refractivity contribution in [3.63, 3.8) is 0 Å². The summed E-state index contributed by atoms with van der Waals surface area (Å²) in [5.41, 5.74) is 3.06. The van der Waals surface area contributed by atoms with Crippen molar-refractivity contribution >= 4 is 34.3 Å². The highest BCUT2D eigenvalue weighted by Crippen LogP contribution is 2.26. The van der Waals surface area contributed by atoms with Crippen molar-refractivity contribution in [2.45, 2.75) is 38.1 Å². The monoisotopic (exact) mass is 365 g/mol. The summed E-state index contributed by atoms with van der Waals surface area (Å²) in [6.07, 6.45) is 0. The van der Waals surface area contributed by atoms with Gasteiger partial charge in [0.15, 0.2) is 0 Å². The van der Waals surface area contributed by atoms with Crippen molar-refractivity contribution in [2.24, 2.45) is 0 Å². The molecule has 5 heteroatoms.